The van der Waals surface area contributed by atoms with Crippen LogP contribution in [0.5, 0.6) is 0 Å². The summed E-state index contributed by atoms with van der Waals surface area (Å²) in [6, 6.07) is 2.18. The van der Waals surface area contributed by atoms with Crippen molar-refractivity contribution in [2.45, 2.75) is 154 Å². The predicted octanol–water partition coefficient (Wildman–Crippen LogP) is -1.72. The largest absolute Gasteiger partial charge is 0.396 e. The van der Waals surface area contributed by atoms with Crippen LogP contribution in [0.4, 0.5) is 5.69 Å². The van der Waals surface area contributed by atoms with Gasteiger partial charge in [0.2, 0.25) is 29.5 Å². The number of likely N-dealkylation sites (N-methyl/N-ethyl adjacent to an activating group) is 2. The van der Waals surface area contributed by atoms with Crippen LogP contribution in [0.3, 0.4) is 0 Å². The molecule has 1 aromatic rings. The molecule has 0 radical (unpaired) electrons. The molecule has 3 fully saturated rings. The van der Waals surface area contributed by atoms with Gasteiger partial charge < -0.3 is 119 Å². The third kappa shape index (κ3) is 26.7. The molecule has 3 aliphatic heterocycles. The van der Waals surface area contributed by atoms with E-state index in [1.165, 1.54) is 48.9 Å². The van der Waals surface area contributed by atoms with Crippen molar-refractivity contribution in [3.05, 3.63) is 29.3 Å². The Bertz CT molecular complexity index is 2440. The summed E-state index contributed by atoms with van der Waals surface area (Å²) < 4.78 is 56.0. The van der Waals surface area contributed by atoms with Crippen LogP contribution < -0.4 is 21.3 Å². The summed E-state index contributed by atoms with van der Waals surface area (Å²) >= 11 is 0. The number of aliphatic hydroxyl groups is 7. The van der Waals surface area contributed by atoms with Gasteiger partial charge in [0.1, 0.15) is 48.7 Å². The second-order valence-corrected chi connectivity index (χ2v) is 24.3. The first-order valence-electron chi connectivity index (χ1n) is 32.5. The molecule has 1 aromatic carbocycles. The Morgan fingerprint density at radius 2 is 0.968 bits per heavy atom. The number of hydrogen-bond donors (Lipinski definition) is 11. The molecule has 7 amide bonds. The number of rotatable bonds is 46. The molecule has 3 aliphatic rings. The highest BCUT2D eigenvalue weighted by atomic mass is 16.7. The third-order valence-electron chi connectivity index (χ3n) is 17.1. The van der Waals surface area contributed by atoms with E-state index in [1.54, 1.807) is 7.05 Å². The number of nitrogens with one attached hydrogen (secondary N) is 4. The van der Waals surface area contributed by atoms with Crippen LogP contribution in [-0.4, -0.2) is 312 Å². The van der Waals surface area contributed by atoms with Gasteiger partial charge >= 0.3 is 0 Å². The van der Waals surface area contributed by atoms with Gasteiger partial charge in [0.15, 0.2) is 12.6 Å². The number of hydrogen-bond acceptors (Lipinski definition) is 24. The normalized spacial score (nSPS) is 25.2. The van der Waals surface area contributed by atoms with Gasteiger partial charge in [-0.15, -0.1) is 0 Å². The standard InChI is InChI=1S/C63H107N7O24/c1-8-62(4)39-70(40-63(62,5)41-73)51(78)16-14-12-10-9-11-13-15-49(76)64-36-50(77)67-44-17-18-45(58(83)68(6)19-21-85-23-25-87-27-29-89-31-33-91-60-52(65-42(2)74)56(81)54(79)47(37-71)93-60)46(35-44)59(84)69(7)20-22-86-24-26-88-28-30-90-32-34-92-61-53(66-43(3)75)57(82)55(80)48(38-72)94-61/h17-18,35,47-48,52-57,60-61,71-73,79-82H,8-16,19-34,36-41H2,1-7H3,(H,64,76)(H,65,74)(H,66,75)(H,67,77)/t47-,48-,52-,53-,54+,55+,56-,57-,60?,61?,62?,63?/m1/s1. The van der Waals surface area contributed by atoms with Gasteiger partial charge in [0.05, 0.1) is 130 Å². The van der Waals surface area contributed by atoms with Crippen LogP contribution in [-0.2, 0) is 71.3 Å². The summed E-state index contributed by atoms with van der Waals surface area (Å²) in [5.41, 5.74) is -0.173. The van der Waals surface area contributed by atoms with Crippen LogP contribution in [0.1, 0.15) is 113 Å². The summed E-state index contributed by atoms with van der Waals surface area (Å²) in [5.74, 6) is -2.71. The summed E-state index contributed by atoms with van der Waals surface area (Å²) in [7, 11) is 3.09. The summed E-state index contributed by atoms with van der Waals surface area (Å²) in [6.07, 6.45) is -3.76. The number of carbonyl (C=O) groups is 7. The third-order valence-corrected chi connectivity index (χ3v) is 17.1. The molecule has 31 nitrogen and oxygen atoms in total. The fraction of sp³-hybridized carbons (Fsp3) is 0.794. The minimum Gasteiger partial charge on any atom is -0.396 e. The molecule has 0 aromatic heterocycles. The second kappa shape index (κ2) is 43.2. The summed E-state index contributed by atoms with van der Waals surface area (Å²) in [6.45, 7) is 10.8. The van der Waals surface area contributed by atoms with E-state index >= 15 is 0 Å². The van der Waals surface area contributed by atoms with Crippen molar-refractivity contribution in [1.29, 1.82) is 0 Å². The lowest BCUT2D eigenvalue weighted by atomic mass is 9.67. The number of nitrogens with zero attached hydrogens (tertiary/aromatic N) is 3. The Kier molecular flexibility index (Phi) is 37.3. The molecule has 3 heterocycles. The van der Waals surface area contributed by atoms with E-state index < -0.39 is 104 Å². The minimum absolute atomic E-state index is 0.000871. The maximum Gasteiger partial charge on any atom is 0.254 e. The highest BCUT2D eigenvalue weighted by Crippen LogP contribution is 2.48. The van der Waals surface area contributed by atoms with Gasteiger partial charge in [-0.2, -0.15) is 0 Å². The van der Waals surface area contributed by atoms with E-state index in [1.807, 2.05) is 11.8 Å². The van der Waals surface area contributed by atoms with Gasteiger partial charge in [0, 0.05) is 78.1 Å². The van der Waals surface area contributed by atoms with Crippen molar-refractivity contribution in [3.63, 3.8) is 0 Å². The van der Waals surface area contributed by atoms with Gasteiger partial charge in [-0.1, -0.05) is 46.5 Å². The summed E-state index contributed by atoms with van der Waals surface area (Å²) in [5, 5.41) is 80.7. The first kappa shape index (κ1) is 81.3. The molecule has 538 valence electrons. The first-order chi connectivity index (χ1) is 44.9. The van der Waals surface area contributed by atoms with E-state index in [0.717, 1.165) is 38.5 Å². The molecule has 0 bridgehead atoms. The molecule has 94 heavy (non-hydrogen) atoms. The molecule has 0 aliphatic carbocycles. The lowest BCUT2D eigenvalue weighted by Gasteiger charge is -2.42. The number of carbonyl (C=O) groups excluding carboxylic acids is 7. The van der Waals surface area contributed by atoms with E-state index in [2.05, 4.69) is 35.1 Å². The lowest BCUT2D eigenvalue weighted by molar-refractivity contribution is -0.272. The molecule has 12 atom stereocenters. The highest BCUT2D eigenvalue weighted by Gasteiger charge is 2.52. The van der Waals surface area contributed by atoms with Gasteiger partial charge in [-0.05, 0) is 42.9 Å². The Morgan fingerprint density at radius 3 is 1.39 bits per heavy atom. The number of anilines is 1. The smallest absolute Gasteiger partial charge is 0.254 e. The van der Waals surface area contributed by atoms with Crippen LogP contribution in [0.2, 0.25) is 0 Å². The van der Waals surface area contributed by atoms with Gasteiger partial charge in [-0.3, -0.25) is 33.6 Å². The van der Waals surface area contributed by atoms with Crippen LogP contribution in [0, 0.1) is 10.8 Å². The number of unbranched alkanes of at least 4 members (excludes halogenated alkanes) is 5. The molecular weight excluding hydrogens is 1240 g/mol. The number of likely N-dealkylation sites (tertiary alicyclic amines) is 1. The first-order valence-corrected chi connectivity index (χ1v) is 32.5. The predicted molar refractivity (Wildman–Crippen MR) is 337 cm³/mol. The summed E-state index contributed by atoms with van der Waals surface area (Å²) in [4.78, 5) is 94.9. The zero-order valence-electron chi connectivity index (χ0n) is 55.8. The zero-order valence-corrected chi connectivity index (χ0v) is 55.8. The average molecular weight is 1350 g/mol. The van der Waals surface area contributed by atoms with E-state index in [9.17, 15) is 69.3 Å². The fourth-order valence-electron chi connectivity index (χ4n) is 10.9. The molecule has 4 rings (SSSR count). The Balaban J connectivity index is 1.18. The Labute approximate surface area is 551 Å². The minimum atomic E-state index is -1.44. The quantitative estimate of drug-likeness (QED) is 0.0324. The molecular formula is C63H107N7O24. The molecule has 11 N–H and O–H groups in total. The van der Waals surface area contributed by atoms with Crippen LogP contribution >= 0.6 is 0 Å². The van der Waals surface area contributed by atoms with E-state index in [-0.39, 0.29) is 165 Å². The second-order valence-electron chi connectivity index (χ2n) is 24.3. The zero-order chi connectivity index (χ0) is 69.2. The van der Waals surface area contributed by atoms with Crippen molar-refractivity contribution in [2.75, 3.05) is 164 Å². The van der Waals surface area contributed by atoms with E-state index in [4.69, 9.17) is 47.4 Å². The van der Waals surface area contributed by atoms with Gasteiger partial charge in [0.25, 0.3) is 11.8 Å². The Hall–Kier alpha value is -5.17. The van der Waals surface area contributed by atoms with Gasteiger partial charge in [-0.25, -0.2) is 0 Å². The number of ether oxygens (including phenoxy) is 10. The van der Waals surface area contributed by atoms with Crippen molar-refractivity contribution in [2.24, 2.45) is 10.8 Å². The topological polar surface area (TPSA) is 411 Å². The van der Waals surface area contributed by atoms with Crippen LogP contribution in [0.25, 0.3) is 0 Å². The van der Waals surface area contributed by atoms with E-state index in [0.29, 0.717) is 25.9 Å². The fourth-order valence-corrected chi connectivity index (χ4v) is 10.9. The van der Waals surface area contributed by atoms with Crippen molar-refractivity contribution >= 4 is 47.0 Å². The van der Waals surface area contributed by atoms with Crippen molar-refractivity contribution < 1.29 is 117 Å². The van der Waals surface area contributed by atoms with Crippen molar-refractivity contribution in [1.82, 2.24) is 30.7 Å². The molecule has 0 spiro atoms. The Morgan fingerprint density at radius 1 is 0.553 bits per heavy atom. The molecule has 4 unspecified atom stereocenters. The monoisotopic (exact) mass is 1350 g/mol. The maximum atomic E-state index is 14.1. The van der Waals surface area contributed by atoms with Crippen molar-refractivity contribution in [3.8, 4) is 0 Å². The molecule has 31 heteroatoms. The number of aliphatic hydroxyl groups excluding tert-OH is 7. The molecule has 0 saturated carbocycles. The van der Waals surface area contributed by atoms with Crippen LogP contribution in [0.15, 0.2) is 18.2 Å². The maximum absolute atomic E-state index is 14.1. The number of amides is 7. The SMILES string of the molecule is CCC1(C)CN(C(=O)CCCCCCCCC(=O)NCC(=O)Nc2ccc(C(=O)N(C)CCOCCOCCOCCOC3O[C@H](CO)[C@H](O)[C@H](O)[C@H]3NC(C)=O)c(C(=O)N(C)CCOCCOCCOCCOC3O[C@H](CO)[C@H](O)[C@H](O)[C@H]3NC(C)=O)c2)CC1(C)CO. The lowest BCUT2D eigenvalue weighted by Crippen LogP contribution is -2.64. The average Bonchev–Trinajstić information content (AvgIpc) is 1.60. The molecule has 3 saturated heterocycles. The number of benzene rings is 1. The highest BCUT2D eigenvalue weighted by molar-refractivity contribution is 6.08.